The second-order valence-electron chi connectivity index (χ2n) is 6.66. The van der Waals surface area contributed by atoms with E-state index in [0.717, 1.165) is 25.5 Å². The van der Waals surface area contributed by atoms with E-state index < -0.39 is 17.5 Å². The Labute approximate surface area is 144 Å². The molecule has 2 aliphatic heterocycles. The fraction of sp³-hybridized carbons (Fsp3) is 0.588. The topological polar surface area (TPSA) is 85.5 Å². The average Bonchev–Trinajstić information content (AvgIpc) is 3.03. The molecule has 136 valence electrons. The van der Waals surface area contributed by atoms with Gasteiger partial charge in [0.25, 0.3) is 5.91 Å². The van der Waals surface area contributed by atoms with Crippen molar-refractivity contribution in [2.75, 3.05) is 19.7 Å². The molecule has 0 radical (unpaired) electrons. The lowest BCUT2D eigenvalue weighted by molar-refractivity contribution is -0.123. The molecule has 0 aliphatic carbocycles. The Morgan fingerprint density at radius 2 is 2.00 bits per heavy atom. The van der Waals surface area contributed by atoms with Crippen LogP contribution in [0.25, 0.3) is 0 Å². The first-order valence-corrected chi connectivity index (χ1v) is 8.47. The Bertz CT molecular complexity index is 663. The third-order valence-corrected chi connectivity index (χ3v) is 5.05. The van der Waals surface area contributed by atoms with E-state index >= 15 is 0 Å². The maximum Gasteiger partial charge on any atom is 0.275 e. The number of hydrogen-bond donors (Lipinski definition) is 1. The highest BCUT2D eigenvalue weighted by Crippen LogP contribution is 2.31. The predicted molar refractivity (Wildman–Crippen MR) is 84.4 cm³/mol. The third-order valence-electron chi connectivity index (χ3n) is 5.05. The van der Waals surface area contributed by atoms with E-state index in [1.807, 2.05) is 0 Å². The normalized spacial score (nSPS) is 24.5. The van der Waals surface area contributed by atoms with Crippen molar-refractivity contribution in [1.29, 1.82) is 0 Å². The minimum atomic E-state index is -0.948. The summed E-state index contributed by atoms with van der Waals surface area (Å²) in [4.78, 5) is 28.9. The Kier molecular flexibility index (Phi) is 5.27. The Morgan fingerprint density at radius 1 is 1.28 bits per heavy atom. The molecule has 2 atom stereocenters. The van der Waals surface area contributed by atoms with Gasteiger partial charge in [-0.1, -0.05) is 0 Å². The molecule has 8 heteroatoms. The summed E-state index contributed by atoms with van der Waals surface area (Å²) < 4.78 is 32.2. The SMILES string of the molecule is NC(=O)[C@@H]1CCO[C@@H]1CC1CCN(C(=O)c2ncc(F)cc2F)CC1. The summed E-state index contributed by atoms with van der Waals surface area (Å²) in [5.74, 6) is -2.53. The molecule has 2 amide bonds. The van der Waals surface area contributed by atoms with E-state index in [1.165, 1.54) is 4.90 Å². The van der Waals surface area contributed by atoms with Crippen molar-refractivity contribution in [1.82, 2.24) is 9.88 Å². The van der Waals surface area contributed by atoms with Crippen LogP contribution < -0.4 is 5.73 Å². The largest absolute Gasteiger partial charge is 0.377 e. The molecule has 3 rings (SSSR count). The van der Waals surface area contributed by atoms with Gasteiger partial charge >= 0.3 is 0 Å². The molecular weight excluding hydrogens is 332 g/mol. The zero-order chi connectivity index (χ0) is 18.0. The number of likely N-dealkylation sites (tertiary alicyclic amines) is 1. The van der Waals surface area contributed by atoms with Crippen molar-refractivity contribution < 1.29 is 23.1 Å². The van der Waals surface area contributed by atoms with Crippen LogP contribution in [-0.4, -0.2) is 47.5 Å². The van der Waals surface area contributed by atoms with Gasteiger partial charge in [0.2, 0.25) is 5.91 Å². The van der Waals surface area contributed by atoms with E-state index in [-0.39, 0.29) is 23.6 Å². The summed E-state index contributed by atoms with van der Waals surface area (Å²) in [7, 11) is 0. The van der Waals surface area contributed by atoms with Crippen LogP contribution in [0.15, 0.2) is 12.3 Å². The van der Waals surface area contributed by atoms with Gasteiger partial charge in [-0.2, -0.15) is 0 Å². The number of primary amides is 1. The van der Waals surface area contributed by atoms with Gasteiger partial charge in [0, 0.05) is 25.8 Å². The van der Waals surface area contributed by atoms with Crippen LogP contribution in [0, 0.1) is 23.5 Å². The Morgan fingerprint density at radius 3 is 2.64 bits per heavy atom. The number of amides is 2. The van der Waals surface area contributed by atoms with E-state index in [1.54, 1.807) is 0 Å². The van der Waals surface area contributed by atoms with Crippen LogP contribution in [0.4, 0.5) is 8.78 Å². The van der Waals surface area contributed by atoms with Crippen molar-refractivity contribution >= 4 is 11.8 Å². The molecule has 0 aromatic carbocycles. The number of rotatable bonds is 4. The van der Waals surface area contributed by atoms with Crippen molar-refractivity contribution in [3.8, 4) is 0 Å². The molecule has 1 aromatic rings. The van der Waals surface area contributed by atoms with Crippen LogP contribution in [0.5, 0.6) is 0 Å². The highest BCUT2D eigenvalue weighted by atomic mass is 19.1. The molecule has 6 nitrogen and oxygen atoms in total. The molecule has 25 heavy (non-hydrogen) atoms. The van der Waals surface area contributed by atoms with Gasteiger partial charge in [-0.05, 0) is 31.6 Å². The molecule has 2 fully saturated rings. The predicted octanol–water partition coefficient (Wildman–Crippen LogP) is 1.49. The minimum Gasteiger partial charge on any atom is -0.377 e. The highest BCUT2D eigenvalue weighted by Gasteiger charge is 2.35. The van der Waals surface area contributed by atoms with Gasteiger partial charge in [-0.3, -0.25) is 9.59 Å². The van der Waals surface area contributed by atoms with Crippen molar-refractivity contribution in [2.45, 2.75) is 31.8 Å². The molecule has 1 aromatic heterocycles. The summed E-state index contributed by atoms with van der Waals surface area (Å²) in [5, 5.41) is 0. The minimum absolute atomic E-state index is 0.152. The Hall–Kier alpha value is -2.09. The summed E-state index contributed by atoms with van der Waals surface area (Å²) in [5.41, 5.74) is 5.05. The zero-order valence-corrected chi connectivity index (χ0v) is 13.8. The second-order valence-corrected chi connectivity index (χ2v) is 6.66. The number of aromatic nitrogens is 1. The van der Waals surface area contributed by atoms with Crippen LogP contribution in [-0.2, 0) is 9.53 Å². The fourth-order valence-corrected chi connectivity index (χ4v) is 3.63. The maximum atomic E-state index is 13.7. The number of piperidine rings is 1. The van der Waals surface area contributed by atoms with Crippen LogP contribution >= 0.6 is 0 Å². The smallest absolute Gasteiger partial charge is 0.275 e. The standard InChI is InChI=1S/C17H21F2N3O3/c18-11-8-13(19)15(21-9-11)17(24)22-4-1-10(2-5-22)7-14-12(16(20)23)3-6-25-14/h8-10,12,14H,1-7H2,(H2,20,23)/t12-,14-/m1/s1. The third kappa shape index (κ3) is 3.95. The monoisotopic (exact) mass is 353 g/mol. The highest BCUT2D eigenvalue weighted by molar-refractivity contribution is 5.92. The Balaban J connectivity index is 1.55. The van der Waals surface area contributed by atoms with Gasteiger partial charge in [-0.25, -0.2) is 13.8 Å². The zero-order valence-electron chi connectivity index (χ0n) is 13.8. The average molecular weight is 353 g/mol. The maximum absolute atomic E-state index is 13.7. The van der Waals surface area contributed by atoms with Gasteiger partial charge in [0.15, 0.2) is 11.5 Å². The fourth-order valence-electron chi connectivity index (χ4n) is 3.63. The number of ether oxygens (including phenoxy) is 1. The molecule has 0 saturated carbocycles. The number of halogens is 2. The number of nitrogens with zero attached hydrogens (tertiary/aromatic N) is 2. The first kappa shape index (κ1) is 17.7. The summed E-state index contributed by atoms with van der Waals surface area (Å²) >= 11 is 0. The van der Waals surface area contributed by atoms with Gasteiger partial charge < -0.3 is 15.4 Å². The quantitative estimate of drug-likeness (QED) is 0.889. The van der Waals surface area contributed by atoms with Crippen LogP contribution in [0.3, 0.4) is 0 Å². The lowest BCUT2D eigenvalue weighted by Gasteiger charge is -2.33. The van der Waals surface area contributed by atoms with Crippen molar-refractivity contribution in [2.24, 2.45) is 17.6 Å². The molecular formula is C17H21F2N3O3. The molecule has 2 saturated heterocycles. The second kappa shape index (κ2) is 7.43. The lowest BCUT2D eigenvalue weighted by atomic mass is 9.86. The summed E-state index contributed by atoms with van der Waals surface area (Å²) in [6.45, 7) is 1.48. The van der Waals surface area contributed by atoms with Gasteiger partial charge in [-0.15, -0.1) is 0 Å². The van der Waals surface area contributed by atoms with E-state index in [9.17, 15) is 18.4 Å². The van der Waals surface area contributed by atoms with E-state index in [0.29, 0.717) is 38.1 Å². The van der Waals surface area contributed by atoms with Crippen molar-refractivity contribution in [3.05, 3.63) is 29.6 Å². The first-order chi connectivity index (χ1) is 12.0. The number of hydrogen-bond acceptors (Lipinski definition) is 4. The van der Waals surface area contributed by atoms with Crippen LogP contribution in [0.1, 0.15) is 36.2 Å². The van der Waals surface area contributed by atoms with Crippen LogP contribution in [0.2, 0.25) is 0 Å². The molecule has 2 N–H and O–H groups in total. The first-order valence-electron chi connectivity index (χ1n) is 8.47. The molecule has 0 bridgehead atoms. The number of carbonyl (C=O) groups excluding carboxylic acids is 2. The van der Waals surface area contributed by atoms with Gasteiger partial charge in [0.1, 0.15) is 5.82 Å². The molecule has 3 heterocycles. The number of nitrogens with two attached hydrogens (primary N) is 1. The summed E-state index contributed by atoms with van der Waals surface area (Å²) in [6.07, 6.45) is 3.55. The van der Waals surface area contributed by atoms with E-state index in [4.69, 9.17) is 10.5 Å². The molecule has 0 spiro atoms. The number of carbonyl (C=O) groups is 2. The molecule has 2 aliphatic rings. The number of pyridine rings is 1. The van der Waals surface area contributed by atoms with Gasteiger partial charge in [0.05, 0.1) is 18.2 Å². The molecule has 0 unspecified atom stereocenters. The summed E-state index contributed by atoms with van der Waals surface area (Å²) in [6, 6.07) is 0.661. The lowest BCUT2D eigenvalue weighted by Crippen LogP contribution is -2.40. The van der Waals surface area contributed by atoms with Crippen molar-refractivity contribution in [3.63, 3.8) is 0 Å². The van der Waals surface area contributed by atoms with E-state index in [2.05, 4.69) is 4.98 Å².